The highest BCUT2D eigenvalue weighted by Gasteiger charge is 2.44. The Bertz CT molecular complexity index is 2160. The fraction of sp³-hybridized carbons (Fsp3) is 0.467. The van der Waals surface area contributed by atoms with E-state index in [4.69, 9.17) is 30.8 Å². The molecule has 2 aliphatic rings. The number of carbonyl (C=O) groups is 1. The van der Waals surface area contributed by atoms with E-state index in [1.807, 2.05) is 42.3 Å². The molecule has 1 aliphatic carbocycles. The molecule has 3 atom stereocenters. The Labute approximate surface area is 354 Å². The van der Waals surface area contributed by atoms with Crippen molar-refractivity contribution < 1.29 is 36.6 Å². The molecule has 1 saturated heterocycles. The van der Waals surface area contributed by atoms with Gasteiger partial charge >= 0.3 is 12.3 Å². The maximum atomic E-state index is 17.6. The van der Waals surface area contributed by atoms with Gasteiger partial charge in [0.05, 0.1) is 31.2 Å². The van der Waals surface area contributed by atoms with Crippen LogP contribution in [0.3, 0.4) is 0 Å². The summed E-state index contributed by atoms with van der Waals surface area (Å²) in [4.78, 5) is 31.9. The molecule has 2 heterocycles. The van der Waals surface area contributed by atoms with Gasteiger partial charge in [0, 0.05) is 43.9 Å². The van der Waals surface area contributed by atoms with Crippen molar-refractivity contribution in [3.05, 3.63) is 111 Å². The molecule has 6 rings (SSSR count). The number of piperazine rings is 1. The SMILES string of the molecule is [C-]#[N+]CC1CN(c2nc(SC)nc3c2CC(C)C(c2c(F)c(N(Cc4ccc(OC)cc4)Cc4ccc(OC)cc4)cc(C)c2C(F)(F)F)C3)CCN1C(=O)OC(C)(C)C. The highest BCUT2D eigenvalue weighted by Crippen LogP contribution is 2.48. The lowest BCUT2D eigenvalue weighted by atomic mass is 9.73. The van der Waals surface area contributed by atoms with Crippen LogP contribution in [0.1, 0.15) is 72.7 Å². The first kappa shape index (κ1) is 44.3. The summed E-state index contributed by atoms with van der Waals surface area (Å²) in [6.07, 6.45) is -3.14. The van der Waals surface area contributed by atoms with E-state index in [1.165, 1.54) is 24.8 Å². The molecule has 60 heavy (non-hydrogen) atoms. The smallest absolute Gasteiger partial charge is 0.417 e. The van der Waals surface area contributed by atoms with Gasteiger partial charge in [-0.1, -0.05) is 43.0 Å². The molecular formula is C45H52F4N6O4S. The van der Waals surface area contributed by atoms with Crippen LogP contribution >= 0.6 is 11.8 Å². The molecular weight excluding hydrogens is 797 g/mol. The highest BCUT2D eigenvalue weighted by molar-refractivity contribution is 7.98. The lowest BCUT2D eigenvalue weighted by molar-refractivity contribution is -0.139. The second-order valence-electron chi connectivity index (χ2n) is 16.4. The number of aryl methyl sites for hydroxylation is 1. The first-order chi connectivity index (χ1) is 28.4. The minimum atomic E-state index is -4.83. The Balaban J connectivity index is 1.41. The summed E-state index contributed by atoms with van der Waals surface area (Å²) in [7, 11) is 3.13. The Hall–Kier alpha value is -5.23. The van der Waals surface area contributed by atoms with Gasteiger partial charge in [-0.2, -0.15) is 13.2 Å². The van der Waals surface area contributed by atoms with E-state index in [0.29, 0.717) is 47.7 Å². The third kappa shape index (κ3) is 9.86. The Morgan fingerprint density at radius 2 is 1.57 bits per heavy atom. The number of benzene rings is 3. The molecule has 0 N–H and O–H groups in total. The molecule has 1 amide bonds. The van der Waals surface area contributed by atoms with Crippen LogP contribution in [0.2, 0.25) is 0 Å². The van der Waals surface area contributed by atoms with Crippen molar-refractivity contribution in [2.75, 3.05) is 56.5 Å². The van der Waals surface area contributed by atoms with Crippen LogP contribution in [0.25, 0.3) is 4.85 Å². The van der Waals surface area contributed by atoms with Crippen molar-refractivity contribution in [3.8, 4) is 11.5 Å². The molecule has 1 aliphatic heterocycles. The zero-order valence-electron chi connectivity index (χ0n) is 35.3. The average molecular weight is 849 g/mol. The number of nitrogens with zero attached hydrogens (tertiary/aromatic N) is 6. The summed E-state index contributed by atoms with van der Waals surface area (Å²) in [6, 6.07) is 15.5. The second-order valence-corrected chi connectivity index (χ2v) is 17.2. The van der Waals surface area contributed by atoms with Crippen molar-refractivity contribution in [1.29, 1.82) is 0 Å². The number of carbonyl (C=O) groups excluding carboxylic acids is 1. The van der Waals surface area contributed by atoms with E-state index in [0.717, 1.165) is 16.7 Å². The molecule has 0 spiro atoms. The lowest BCUT2D eigenvalue weighted by Crippen LogP contribution is -2.57. The van der Waals surface area contributed by atoms with E-state index in [1.54, 1.807) is 69.1 Å². The molecule has 1 aromatic heterocycles. The lowest BCUT2D eigenvalue weighted by Gasteiger charge is -2.42. The monoisotopic (exact) mass is 848 g/mol. The Morgan fingerprint density at radius 1 is 0.967 bits per heavy atom. The van der Waals surface area contributed by atoms with E-state index in [2.05, 4.69) is 4.85 Å². The summed E-state index contributed by atoms with van der Waals surface area (Å²) in [5.74, 6) is -0.297. The standard InChI is InChI=1S/C45H52F4N6O4S/c1-27-20-35-36(51-42(60-9)52-41(35)53-18-19-55(31(26-53)23-50-6)43(56)59-44(3,4)5)22-34(27)38-39(45(47,48)49)28(2)21-37(40(38)46)54(24-29-10-14-32(57-7)15-11-29)25-30-12-16-33(58-8)17-13-30/h10-17,21,27,31,34H,18-20,22-26H2,1-5,7-9H3. The largest absolute Gasteiger partial charge is 0.497 e. The molecule has 4 aromatic rings. The molecule has 0 radical (unpaired) electrons. The summed E-state index contributed by atoms with van der Waals surface area (Å²) in [6.45, 7) is 17.7. The van der Waals surface area contributed by atoms with Crippen molar-refractivity contribution in [2.45, 2.75) is 89.4 Å². The topological polar surface area (TPSA) is 84.6 Å². The zero-order valence-corrected chi connectivity index (χ0v) is 36.1. The number of ether oxygens (including phenoxy) is 3. The van der Waals surface area contributed by atoms with Gasteiger partial charge in [-0.25, -0.2) is 25.7 Å². The van der Waals surface area contributed by atoms with Gasteiger partial charge in [-0.3, -0.25) is 4.90 Å². The maximum absolute atomic E-state index is 17.6. The molecule has 320 valence electrons. The van der Waals surface area contributed by atoms with Gasteiger partial charge < -0.3 is 28.9 Å². The average Bonchev–Trinajstić information content (AvgIpc) is 3.20. The zero-order chi connectivity index (χ0) is 43.5. The van der Waals surface area contributed by atoms with Crippen LogP contribution in [0.5, 0.6) is 11.5 Å². The number of hydrogen-bond acceptors (Lipinski definition) is 9. The second kappa shape index (κ2) is 18.2. The quantitative estimate of drug-likeness (QED) is 0.0634. The third-order valence-corrected chi connectivity index (χ3v) is 11.7. The highest BCUT2D eigenvalue weighted by atomic mass is 32.2. The summed E-state index contributed by atoms with van der Waals surface area (Å²) in [5, 5.41) is 0.431. The van der Waals surface area contributed by atoms with Crippen LogP contribution in [0.4, 0.5) is 33.9 Å². The number of methoxy groups -OCH3 is 2. The molecule has 3 aromatic carbocycles. The van der Waals surface area contributed by atoms with Gasteiger partial charge in [0.15, 0.2) is 11.0 Å². The van der Waals surface area contributed by atoms with Crippen molar-refractivity contribution in [1.82, 2.24) is 14.9 Å². The minimum absolute atomic E-state index is 0.0556. The summed E-state index contributed by atoms with van der Waals surface area (Å²) < 4.78 is 79.7. The molecule has 15 heteroatoms. The van der Waals surface area contributed by atoms with Crippen LogP contribution in [-0.2, 0) is 36.8 Å². The van der Waals surface area contributed by atoms with E-state index < -0.39 is 47.1 Å². The van der Waals surface area contributed by atoms with Gasteiger partial charge in [0.2, 0.25) is 6.54 Å². The predicted molar refractivity (Wildman–Crippen MR) is 226 cm³/mol. The number of fused-ring (bicyclic) bond motifs is 1. The van der Waals surface area contributed by atoms with E-state index >= 15 is 17.6 Å². The first-order valence-electron chi connectivity index (χ1n) is 19.9. The Kier molecular flexibility index (Phi) is 13.4. The molecule has 1 fully saturated rings. The van der Waals surface area contributed by atoms with Gasteiger partial charge in [0.1, 0.15) is 29.0 Å². The summed E-state index contributed by atoms with van der Waals surface area (Å²) >= 11 is 1.31. The first-order valence-corrected chi connectivity index (χ1v) is 21.1. The number of rotatable bonds is 11. The van der Waals surface area contributed by atoms with Crippen LogP contribution in [0, 0.1) is 25.2 Å². The number of halogens is 4. The molecule has 0 bridgehead atoms. The Morgan fingerprint density at radius 3 is 2.08 bits per heavy atom. The number of amides is 1. The number of aromatic nitrogens is 2. The molecule has 0 saturated carbocycles. The van der Waals surface area contributed by atoms with E-state index in [9.17, 15) is 4.79 Å². The summed E-state index contributed by atoms with van der Waals surface area (Å²) in [5.41, 5.74) is 0.961. The fourth-order valence-electron chi connectivity index (χ4n) is 8.24. The van der Waals surface area contributed by atoms with Gasteiger partial charge in [0.25, 0.3) is 0 Å². The van der Waals surface area contributed by atoms with Crippen LogP contribution in [0.15, 0.2) is 59.8 Å². The van der Waals surface area contributed by atoms with Crippen LogP contribution < -0.4 is 19.3 Å². The van der Waals surface area contributed by atoms with Crippen LogP contribution in [-0.4, -0.2) is 79.3 Å². The third-order valence-electron chi connectivity index (χ3n) is 11.1. The van der Waals surface area contributed by atoms with Crippen molar-refractivity contribution in [3.63, 3.8) is 0 Å². The molecule has 10 nitrogen and oxygen atoms in total. The fourth-order valence-corrected chi connectivity index (χ4v) is 8.62. The van der Waals surface area contributed by atoms with Crippen molar-refractivity contribution in [2.24, 2.45) is 5.92 Å². The molecule has 3 unspecified atom stereocenters. The minimum Gasteiger partial charge on any atom is -0.497 e. The number of anilines is 2. The van der Waals surface area contributed by atoms with Gasteiger partial charge in [-0.15, -0.1) is 0 Å². The predicted octanol–water partition coefficient (Wildman–Crippen LogP) is 9.75. The number of thioether (sulfide) groups is 1. The normalized spacial score (nSPS) is 18.1. The number of hydrogen-bond donors (Lipinski definition) is 0. The number of alkyl halides is 3. The maximum Gasteiger partial charge on any atom is 0.417 e. The van der Waals surface area contributed by atoms with Gasteiger partial charge in [-0.05, 0) is 106 Å². The van der Waals surface area contributed by atoms with E-state index in [-0.39, 0.29) is 49.4 Å². The van der Waals surface area contributed by atoms with Crippen molar-refractivity contribution >= 4 is 29.4 Å².